The van der Waals surface area contributed by atoms with Gasteiger partial charge in [0.2, 0.25) is 11.8 Å². The number of nitrogens with one attached hydrogen (secondary N) is 2. The Morgan fingerprint density at radius 3 is 2.06 bits per heavy atom. The zero-order valence-electron chi connectivity index (χ0n) is 9.79. The Bertz CT molecular complexity index is 319. The summed E-state index contributed by atoms with van der Waals surface area (Å²) in [4.78, 5) is 34.2. The molecule has 1 aliphatic heterocycles. The standard InChI is InChI=1S/C10H14N2O3.Na/c1-3-5-6-10(4-2)7(13)11-9(15)12-8(10)14;/h3,5H,4,6H2,1-2H3,(H2,11,12,13,14,15);. The van der Waals surface area contributed by atoms with Crippen LogP contribution in [0, 0.1) is 5.41 Å². The summed E-state index contributed by atoms with van der Waals surface area (Å²) in [6, 6.07) is -0.741. The molecule has 1 aliphatic rings. The predicted octanol–water partition coefficient (Wildman–Crippen LogP) is 0.334. The summed E-state index contributed by atoms with van der Waals surface area (Å²) >= 11 is 0. The number of amides is 4. The Balaban J connectivity index is 0.00000225. The van der Waals surface area contributed by atoms with Gasteiger partial charge in [-0.15, -0.1) is 0 Å². The molecular formula is C10H14N2NaO3. The van der Waals surface area contributed by atoms with E-state index in [-0.39, 0.29) is 29.6 Å². The number of urea groups is 1. The van der Waals surface area contributed by atoms with Crippen LogP contribution in [0.25, 0.3) is 0 Å². The van der Waals surface area contributed by atoms with Crippen molar-refractivity contribution in [2.75, 3.05) is 0 Å². The summed E-state index contributed by atoms with van der Waals surface area (Å²) in [7, 11) is 0. The molecule has 0 aromatic heterocycles. The van der Waals surface area contributed by atoms with Crippen LogP contribution in [0.2, 0.25) is 0 Å². The summed E-state index contributed by atoms with van der Waals surface area (Å²) in [5.41, 5.74) is -1.14. The maximum atomic E-state index is 11.6. The van der Waals surface area contributed by atoms with E-state index in [1.54, 1.807) is 19.1 Å². The number of rotatable bonds is 3. The quantitative estimate of drug-likeness (QED) is 0.419. The SMILES string of the molecule is CC=CCC1(CC)C(=O)NC(=O)NC1=O.[Na]. The molecule has 0 unspecified atom stereocenters. The van der Waals surface area contributed by atoms with Crippen LogP contribution in [-0.4, -0.2) is 47.4 Å². The van der Waals surface area contributed by atoms with Crippen molar-refractivity contribution in [2.24, 2.45) is 5.41 Å². The molecule has 4 amide bonds. The first kappa shape index (κ1) is 15.3. The minimum atomic E-state index is -1.14. The summed E-state index contributed by atoms with van der Waals surface area (Å²) in [5, 5.41) is 4.23. The number of carbonyl (C=O) groups is 3. The Morgan fingerprint density at radius 2 is 1.69 bits per heavy atom. The number of barbiturate groups is 1. The van der Waals surface area contributed by atoms with Crippen LogP contribution in [-0.2, 0) is 9.59 Å². The number of imide groups is 2. The first-order valence-electron chi connectivity index (χ1n) is 4.85. The maximum Gasteiger partial charge on any atom is 0.328 e. The van der Waals surface area contributed by atoms with Crippen molar-refractivity contribution in [2.45, 2.75) is 26.7 Å². The van der Waals surface area contributed by atoms with Crippen LogP contribution in [0.4, 0.5) is 4.79 Å². The molecule has 1 fully saturated rings. The first-order chi connectivity index (χ1) is 7.06. The van der Waals surface area contributed by atoms with Gasteiger partial charge in [-0.25, -0.2) is 4.79 Å². The number of carbonyl (C=O) groups excluding carboxylic acids is 3. The van der Waals surface area contributed by atoms with Crippen LogP contribution >= 0.6 is 0 Å². The maximum absolute atomic E-state index is 11.6. The third-order valence-electron chi connectivity index (χ3n) is 2.63. The van der Waals surface area contributed by atoms with E-state index in [0.29, 0.717) is 12.8 Å². The molecule has 0 bridgehead atoms. The van der Waals surface area contributed by atoms with Crippen molar-refractivity contribution in [3.8, 4) is 0 Å². The molecule has 2 N–H and O–H groups in total. The van der Waals surface area contributed by atoms with E-state index in [2.05, 4.69) is 10.6 Å². The van der Waals surface area contributed by atoms with Crippen LogP contribution in [0.15, 0.2) is 12.2 Å². The van der Waals surface area contributed by atoms with Gasteiger partial charge in [0.25, 0.3) is 0 Å². The topological polar surface area (TPSA) is 75.3 Å². The molecule has 5 nitrogen and oxygen atoms in total. The van der Waals surface area contributed by atoms with Crippen molar-refractivity contribution in [1.82, 2.24) is 10.6 Å². The van der Waals surface area contributed by atoms with Gasteiger partial charge in [-0.2, -0.15) is 0 Å². The fraction of sp³-hybridized carbons (Fsp3) is 0.500. The van der Waals surface area contributed by atoms with Crippen LogP contribution < -0.4 is 10.6 Å². The van der Waals surface area contributed by atoms with Gasteiger partial charge in [0.05, 0.1) is 0 Å². The molecule has 0 saturated carbocycles. The van der Waals surface area contributed by atoms with Crippen LogP contribution in [0.3, 0.4) is 0 Å². The van der Waals surface area contributed by atoms with E-state index in [9.17, 15) is 14.4 Å². The molecule has 0 atom stereocenters. The van der Waals surface area contributed by atoms with Gasteiger partial charge in [0.1, 0.15) is 5.41 Å². The van der Waals surface area contributed by atoms with E-state index in [0.717, 1.165) is 0 Å². The normalized spacial score (nSPS) is 19.0. The Morgan fingerprint density at radius 1 is 1.19 bits per heavy atom. The Kier molecular flexibility index (Phi) is 5.92. The summed E-state index contributed by atoms with van der Waals surface area (Å²) in [6.07, 6.45) is 4.19. The second kappa shape index (κ2) is 6.18. The molecule has 1 saturated heterocycles. The van der Waals surface area contributed by atoms with Crippen molar-refractivity contribution in [3.05, 3.63) is 12.2 Å². The Hall–Kier alpha value is -0.650. The van der Waals surface area contributed by atoms with E-state index in [1.807, 2.05) is 6.92 Å². The number of allylic oxidation sites excluding steroid dienone is 2. The van der Waals surface area contributed by atoms with Crippen molar-refractivity contribution in [3.63, 3.8) is 0 Å². The zero-order valence-corrected chi connectivity index (χ0v) is 11.8. The molecule has 83 valence electrons. The molecule has 1 heterocycles. The summed E-state index contributed by atoms with van der Waals surface area (Å²) < 4.78 is 0. The smallest absolute Gasteiger partial charge is 0.277 e. The van der Waals surface area contributed by atoms with E-state index in [4.69, 9.17) is 0 Å². The fourth-order valence-electron chi connectivity index (χ4n) is 1.55. The van der Waals surface area contributed by atoms with Crippen molar-refractivity contribution >= 4 is 47.4 Å². The van der Waals surface area contributed by atoms with E-state index < -0.39 is 23.3 Å². The van der Waals surface area contributed by atoms with Crippen molar-refractivity contribution < 1.29 is 14.4 Å². The molecule has 16 heavy (non-hydrogen) atoms. The van der Waals surface area contributed by atoms with Gasteiger partial charge in [-0.05, 0) is 19.8 Å². The van der Waals surface area contributed by atoms with Crippen molar-refractivity contribution in [1.29, 1.82) is 0 Å². The minimum absolute atomic E-state index is 0. The second-order valence-corrected chi connectivity index (χ2v) is 3.45. The van der Waals surface area contributed by atoms with E-state index >= 15 is 0 Å². The second-order valence-electron chi connectivity index (χ2n) is 3.45. The predicted molar refractivity (Wildman–Crippen MR) is 59.6 cm³/mol. The van der Waals surface area contributed by atoms with Crippen LogP contribution in [0.1, 0.15) is 26.7 Å². The summed E-state index contributed by atoms with van der Waals surface area (Å²) in [5.74, 6) is -1.03. The third kappa shape index (κ3) is 2.72. The number of hydrogen-bond donors (Lipinski definition) is 2. The van der Waals surface area contributed by atoms with Crippen LogP contribution in [0.5, 0.6) is 0 Å². The largest absolute Gasteiger partial charge is 0.328 e. The fourth-order valence-corrected chi connectivity index (χ4v) is 1.55. The van der Waals surface area contributed by atoms with Gasteiger partial charge in [-0.1, -0.05) is 19.1 Å². The van der Waals surface area contributed by atoms with Gasteiger partial charge in [0, 0.05) is 29.6 Å². The summed E-state index contributed by atoms with van der Waals surface area (Å²) in [6.45, 7) is 3.56. The van der Waals surface area contributed by atoms with E-state index in [1.165, 1.54) is 0 Å². The molecule has 6 heteroatoms. The van der Waals surface area contributed by atoms with Gasteiger partial charge < -0.3 is 0 Å². The molecular weight excluding hydrogens is 219 g/mol. The Labute approximate surface area is 116 Å². The zero-order chi connectivity index (χ0) is 11.5. The monoisotopic (exact) mass is 233 g/mol. The molecule has 0 spiro atoms. The van der Waals surface area contributed by atoms with Gasteiger partial charge >= 0.3 is 6.03 Å². The molecule has 0 aromatic carbocycles. The average molecular weight is 233 g/mol. The number of hydrogen-bond acceptors (Lipinski definition) is 3. The minimum Gasteiger partial charge on any atom is -0.277 e. The molecule has 0 aromatic rings. The van der Waals surface area contributed by atoms with Gasteiger partial charge in [-0.3, -0.25) is 20.2 Å². The average Bonchev–Trinajstić information content (AvgIpc) is 2.17. The third-order valence-corrected chi connectivity index (χ3v) is 2.63. The first-order valence-corrected chi connectivity index (χ1v) is 4.85. The molecule has 1 radical (unpaired) electrons. The van der Waals surface area contributed by atoms with Gasteiger partial charge in [0.15, 0.2) is 0 Å². The molecule has 1 rings (SSSR count). The molecule has 0 aliphatic carbocycles.